The summed E-state index contributed by atoms with van der Waals surface area (Å²) in [6.07, 6.45) is 3.34. The third-order valence-corrected chi connectivity index (χ3v) is 3.32. The zero-order chi connectivity index (χ0) is 11.9. The minimum atomic E-state index is 0.0216. The Balaban J connectivity index is 4.66. The number of hydrogen-bond acceptors (Lipinski definition) is 2. The fraction of sp³-hybridized carbons (Fsp3) is 1.00. The lowest BCUT2D eigenvalue weighted by molar-refractivity contribution is -0.0745. The second kappa shape index (κ2) is 7.24. The average Bonchev–Trinajstić information content (AvgIpc) is 2.23. The van der Waals surface area contributed by atoms with Crippen LogP contribution in [0.15, 0.2) is 0 Å². The second-order valence-corrected chi connectivity index (χ2v) is 4.68. The van der Waals surface area contributed by atoms with Gasteiger partial charge in [-0.25, -0.2) is 0 Å². The van der Waals surface area contributed by atoms with Gasteiger partial charge < -0.3 is 10.1 Å². The maximum atomic E-state index is 6.02. The molecule has 1 unspecified atom stereocenters. The Morgan fingerprint density at radius 3 is 1.93 bits per heavy atom. The first-order valence-corrected chi connectivity index (χ1v) is 6.37. The van der Waals surface area contributed by atoms with E-state index in [0.29, 0.717) is 12.0 Å². The van der Waals surface area contributed by atoms with E-state index in [4.69, 9.17) is 4.74 Å². The third kappa shape index (κ3) is 4.12. The maximum Gasteiger partial charge on any atom is 0.0829 e. The predicted octanol–water partition coefficient (Wildman–Crippen LogP) is 3.22. The molecule has 0 aliphatic heterocycles. The Labute approximate surface area is 95.8 Å². The van der Waals surface area contributed by atoms with Gasteiger partial charge in [-0.05, 0) is 39.2 Å². The van der Waals surface area contributed by atoms with Gasteiger partial charge in [-0.3, -0.25) is 0 Å². The normalized spacial score (nSPS) is 14.6. The number of ether oxygens (including phenoxy) is 1. The fourth-order valence-corrected chi connectivity index (χ4v) is 2.40. The molecular weight excluding hydrogens is 186 g/mol. The Hall–Kier alpha value is -0.0800. The van der Waals surface area contributed by atoms with Crippen LogP contribution in [-0.4, -0.2) is 25.3 Å². The molecule has 0 aromatic heterocycles. The highest BCUT2D eigenvalue weighted by atomic mass is 16.5. The molecule has 0 saturated heterocycles. The van der Waals surface area contributed by atoms with Crippen molar-refractivity contribution in [1.82, 2.24) is 5.32 Å². The van der Waals surface area contributed by atoms with Crippen molar-refractivity contribution in [2.24, 2.45) is 5.92 Å². The molecule has 15 heavy (non-hydrogen) atoms. The zero-order valence-electron chi connectivity index (χ0n) is 11.4. The molecule has 0 fully saturated rings. The highest BCUT2D eigenvalue weighted by Crippen LogP contribution is 2.28. The lowest BCUT2D eigenvalue weighted by atomic mass is 9.83. The molecule has 0 aliphatic rings. The van der Waals surface area contributed by atoms with Crippen LogP contribution in [-0.2, 0) is 4.74 Å². The van der Waals surface area contributed by atoms with Gasteiger partial charge in [-0.15, -0.1) is 0 Å². The van der Waals surface area contributed by atoms with E-state index in [1.807, 2.05) is 7.05 Å². The van der Waals surface area contributed by atoms with Crippen LogP contribution in [0.25, 0.3) is 0 Å². The van der Waals surface area contributed by atoms with Gasteiger partial charge in [-0.1, -0.05) is 27.7 Å². The number of hydrogen-bond donors (Lipinski definition) is 1. The summed E-state index contributed by atoms with van der Waals surface area (Å²) in [6.45, 7) is 11.9. The molecule has 0 bridgehead atoms. The van der Waals surface area contributed by atoms with Gasteiger partial charge in [0.2, 0.25) is 0 Å². The molecule has 0 aromatic carbocycles. The van der Waals surface area contributed by atoms with Gasteiger partial charge in [0.1, 0.15) is 0 Å². The van der Waals surface area contributed by atoms with Crippen molar-refractivity contribution in [2.75, 3.05) is 13.7 Å². The number of nitrogens with one attached hydrogen (secondary N) is 1. The monoisotopic (exact) mass is 215 g/mol. The average molecular weight is 215 g/mol. The lowest BCUT2D eigenvalue weighted by Gasteiger charge is -2.40. The van der Waals surface area contributed by atoms with Crippen molar-refractivity contribution in [3.63, 3.8) is 0 Å². The summed E-state index contributed by atoms with van der Waals surface area (Å²) >= 11 is 0. The minimum Gasteiger partial charge on any atom is -0.374 e. The summed E-state index contributed by atoms with van der Waals surface area (Å²) in [5, 5.41) is 3.44. The zero-order valence-corrected chi connectivity index (χ0v) is 11.4. The van der Waals surface area contributed by atoms with E-state index >= 15 is 0 Å². The van der Waals surface area contributed by atoms with Crippen molar-refractivity contribution in [2.45, 2.75) is 65.5 Å². The Morgan fingerprint density at radius 2 is 1.67 bits per heavy atom. The Kier molecular flexibility index (Phi) is 7.20. The molecule has 92 valence electrons. The van der Waals surface area contributed by atoms with E-state index in [0.717, 1.165) is 19.4 Å². The minimum absolute atomic E-state index is 0.0216. The van der Waals surface area contributed by atoms with Crippen LogP contribution in [0.5, 0.6) is 0 Å². The molecule has 0 aliphatic carbocycles. The van der Waals surface area contributed by atoms with E-state index in [2.05, 4.69) is 39.9 Å². The van der Waals surface area contributed by atoms with E-state index in [1.165, 1.54) is 6.42 Å². The first-order chi connectivity index (χ1) is 7.06. The fourth-order valence-electron chi connectivity index (χ4n) is 2.40. The highest BCUT2D eigenvalue weighted by Gasteiger charge is 2.35. The molecule has 0 radical (unpaired) electrons. The van der Waals surface area contributed by atoms with Crippen molar-refractivity contribution in [3.8, 4) is 0 Å². The van der Waals surface area contributed by atoms with Crippen molar-refractivity contribution >= 4 is 0 Å². The molecule has 0 aromatic rings. The van der Waals surface area contributed by atoms with Gasteiger partial charge in [0.15, 0.2) is 0 Å². The van der Waals surface area contributed by atoms with Crippen molar-refractivity contribution in [3.05, 3.63) is 0 Å². The van der Waals surface area contributed by atoms with Gasteiger partial charge >= 0.3 is 0 Å². The third-order valence-electron chi connectivity index (χ3n) is 3.32. The van der Waals surface area contributed by atoms with Gasteiger partial charge in [-0.2, -0.15) is 0 Å². The number of likely N-dealkylation sites (N-methyl/N-ethyl adjacent to an activating group) is 1. The van der Waals surface area contributed by atoms with Crippen LogP contribution in [0, 0.1) is 5.92 Å². The van der Waals surface area contributed by atoms with E-state index < -0.39 is 0 Å². The van der Waals surface area contributed by atoms with Crippen molar-refractivity contribution in [1.29, 1.82) is 0 Å². The van der Waals surface area contributed by atoms with Crippen LogP contribution in [0.3, 0.4) is 0 Å². The summed E-state index contributed by atoms with van der Waals surface area (Å²) in [7, 11) is 2.05. The molecule has 2 heteroatoms. The standard InChI is InChI=1S/C13H29NO/c1-7-13(8-2,15-9-3)12(14-6)10-11(4)5/h11-12,14H,7-10H2,1-6H3. The molecule has 0 saturated carbocycles. The molecule has 1 N–H and O–H groups in total. The summed E-state index contributed by atoms with van der Waals surface area (Å²) in [6, 6.07) is 0.465. The summed E-state index contributed by atoms with van der Waals surface area (Å²) in [5.74, 6) is 0.709. The Morgan fingerprint density at radius 1 is 1.13 bits per heavy atom. The van der Waals surface area contributed by atoms with Crippen LogP contribution < -0.4 is 5.32 Å². The Bertz CT molecular complexity index is 153. The van der Waals surface area contributed by atoms with Gasteiger partial charge in [0, 0.05) is 12.6 Å². The van der Waals surface area contributed by atoms with Crippen LogP contribution in [0.4, 0.5) is 0 Å². The topological polar surface area (TPSA) is 21.3 Å². The van der Waals surface area contributed by atoms with Gasteiger partial charge in [0.25, 0.3) is 0 Å². The first kappa shape index (κ1) is 14.9. The van der Waals surface area contributed by atoms with Crippen molar-refractivity contribution < 1.29 is 4.74 Å². The number of rotatable bonds is 8. The van der Waals surface area contributed by atoms with Crippen LogP contribution in [0.1, 0.15) is 53.9 Å². The molecule has 0 heterocycles. The highest BCUT2D eigenvalue weighted by molar-refractivity contribution is 4.91. The molecule has 2 nitrogen and oxygen atoms in total. The van der Waals surface area contributed by atoms with Crippen LogP contribution >= 0.6 is 0 Å². The predicted molar refractivity (Wildman–Crippen MR) is 67.2 cm³/mol. The smallest absolute Gasteiger partial charge is 0.0829 e. The molecule has 1 atom stereocenters. The molecule has 0 amide bonds. The maximum absolute atomic E-state index is 6.02. The van der Waals surface area contributed by atoms with Crippen LogP contribution in [0.2, 0.25) is 0 Å². The quantitative estimate of drug-likeness (QED) is 0.671. The molecular formula is C13H29NO. The van der Waals surface area contributed by atoms with E-state index in [1.54, 1.807) is 0 Å². The SMILES string of the molecule is CCOC(CC)(CC)C(CC(C)C)NC. The van der Waals surface area contributed by atoms with E-state index in [9.17, 15) is 0 Å². The van der Waals surface area contributed by atoms with E-state index in [-0.39, 0.29) is 5.60 Å². The van der Waals surface area contributed by atoms with Gasteiger partial charge in [0.05, 0.1) is 5.60 Å². The second-order valence-electron chi connectivity index (χ2n) is 4.68. The summed E-state index contributed by atoms with van der Waals surface area (Å²) in [4.78, 5) is 0. The summed E-state index contributed by atoms with van der Waals surface area (Å²) < 4.78 is 6.02. The molecule has 0 rings (SSSR count). The largest absolute Gasteiger partial charge is 0.374 e. The lowest BCUT2D eigenvalue weighted by Crippen LogP contribution is -2.51. The summed E-state index contributed by atoms with van der Waals surface area (Å²) in [5.41, 5.74) is 0.0216. The molecule has 0 spiro atoms. The first-order valence-electron chi connectivity index (χ1n) is 6.37.